The Hall–Kier alpha value is -3.56. The van der Waals surface area contributed by atoms with E-state index in [-0.39, 0.29) is 17.3 Å². The molecule has 0 heterocycles. The molecule has 242 valence electrons. The first-order chi connectivity index (χ1) is 19.9. The quantitative estimate of drug-likeness (QED) is 0.0672. The fraction of sp³-hybridized carbons (Fsp3) is 0.455. The van der Waals surface area contributed by atoms with E-state index in [9.17, 15) is 31.1 Å². The predicted octanol–water partition coefficient (Wildman–Crippen LogP) is 10.0. The Bertz CT molecular complexity index is 1120. The van der Waals surface area contributed by atoms with Gasteiger partial charge < -0.3 is 10.5 Å². The van der Waals surface area contributed by atoms with Crippen LogP contribution in [0.1, 0.15) is 83.9 Å². The van der Waals surface area contributed by atoms with E-state index in [0.717, 1.165) is 18.4 Å². The van der Waals surface area contributed by atoms with Crippen LogP contribution in [-0.4, -0.2) is 25.8 Å². The van der Waals surface area contributed by atoms with Gasteiger partial charge >= 0.3 is 12.4 Å². The Balaban J connectivity index is 0. The number of carbonyl (C=O) groups excluding carboxylic acids is 1. The van der Waals surface area contributed by atoms with Crippen LogP contribution in [0.5, 0.6) is 0 Å². The molecule has 1 aromatic carbocycles. The summed E-state index contributed by atoms with van der Waals surface area (Å²) in [5.74, 6) is 0.495. The minimum atomic E-state index is -4.83. The van der Waals surface area contributed by atoms with Gasteiger partial charge in [0, 0.05) is 18.3 Å². The van der Waals surface area contributed by atoms with Crippen LogP contribution in [-0.2, 0) is 21.9 Å². The van der Waals surface area contributed by atoms with E-state index in [0.29, 0.717) is 29.4 Å². The second-order valence-electron chi connectivity index (χ2n) is 9.36. The highest BCUT2D eigenvalue weighted by molar-refractivity contribution is 5.99. The zero-order chi connectivity index (χ0) is 33.8. The van der Waals surface area contributed by atoms with Gasteiger partial charge in [0.2, 0.25) is 5.91 Å². The number of benzene rings is 1. The molecule has 43 heavy (non-hydrogen) atoms. The summed E-state index contributed by atoms with van der Waals surface area (Å²) in [6.07, 6.45) is 6.32. The minimum absolute atomic E-state index is 0.0897. The van der Waals surface area contributed by atoms with Gasteiger partial charge in [0.25, 0.3) is 0 Å². The number of methoxy groups -OCH3 is 1. The van der Waals surface area contributed by atoms with Crippen LogP contribution in [0.2, 0.25) is 0 Å². The van der Waals surface area contributed by atoms with E-state index < -0.39 is 29.4 Å². The number of ether oxygens (including phenoxy) is 1. The molecule has 0 aliphatic rings. The summed E-state index contributed by atoms with van der Waals surface area (Å²) in [6.45, 7) is 15.5. The fourth-order valence-electron chi connectivity index (χ4n) is 3.10. The third-order valence-electron chi connectivity index (χ3n) is 5.84. The molecule has 2 N–H and O–H groups in total. The Kier molecular flexibility index (Phi) is 20.5. The SMILES string of the molecule is C/C=C/CCC.C=C(\C=C/C(=C\C(C)CC)C(=C\CC)/C(N)=O)OC.CN=C(C)c1cc(C(F)(F)F)cc(C(F)(F)F)c1. The number of aliphatic imine (C=N–C) groups is 1. The Morgan fingerprint density at radius 2 is 1.58 bits per heavy atom. The second-order valence-corrected chi connectivity index (χ2v) is 9.36. The smallest absolute Gasteiger partial charge is 0.416 e. The summed E-state index contributed by atoms with van der Waals surface area (Å²) in [7, 11) is 2.85. The molecule has 0 spiro atoms. The van der Waals surface area contributed by atoms with Crippen LogP contribution >= 0.6 is 0 Å². The van der Waals surface area contributed by atoms with Crippen LogP contribution in [0.15, 0.2) is 83.1 Å². The number of unbranched alkanes of at least 4 members (excludes halogenated alkanes) is 1. The average Bonchev–Trinajstić information content (AvgIpc) is 2.95. The van der Waals surface area contributed by atoms with E-state index in [1.54, 1.807) is 13.2 Å². The standard InChI is InChI=1S/C16H25NO2.C11H9F6N.C6H12/c1-6-8-15(16(17)18)14(11-12(3)7-2)10-9-13(4)19-5;1-6(18-2)7-3-8(10(12,13)14)5-9(4-7)11(15,16)17;1-3-5-6-4-2/h8-12H,4,6-7H2,1-3,5H3,(H2,17,18);3-5H,1-2H3;3,5H,4,6H2,1-2H3/b10-9-,14-11+,15-8+;;5-3+. The summed E-state index contributed by atoms with van der Waals surface area (Å²) in [5, 5.41) is 0. The molecule has 1 unspecified atom stereocenters. The number of carbonyl (C=O) groups is 1. The maximum Gasteiger partial charge on any atom is 0.416 e. The van der Waals surface area contributed by atoms with E-state index in [4.69, 9.17) is 10.5 Å². The fourth-order valence-corrected chi connectivity index (χ4v) is 3.10. The molecule has 0 aromatic heterocycles. The van der Waals surface area contributed by atoms with Crippen LogP contribution in [0, 0.1) is 5.92 Å². The molecular formula is C33H46F6N2O2. The average molecular weight is 617 g/mol. The number of alkyl halides is 6. The zero-order valence-electron chi connectivity index (χ0n) is 26.4. The number of amides is 1. The highest BCUT2D eigenvalue weighted by Gasteiger charge is 2.37. The molecule has 0 saturated heterocycles. The van der Waals surface area contributed by atoms with Crippen molar-refractivity contribution < 1.29 is 35.9 Å². The molecule has 1 atom stereocenters. The largest absolute Gasteiger partial charge is 0.497 e. The van der Waals surface area contributed by atoms with E-state index in [1.165, 1.54) is 26.8 Å². The summed E-state index contributed by atoms with van der Waals surface area (Å²) in [5.41, 5.74) is 4.04. The molecule has 0 aliphatic carbocycles. The van der Waals surface area contributed by atoms with Crippen LogP contribution < -0.4 is 5.73 Å². The monoisotopic (exact) mass is 616 g/mol. The molecule has 0 radical (unpaired) electrons. The summed E-state index contributed by atoms with van der Waals surface area (Å²) in [4.78, 5) is 15.1. The van der Waals surface area contributed by atoms with Gasteiger partial charge in [0.15, 0.2) is 0 Å². The molecule has 0 saturated carbocycles. The molecular weight excluding hydrogens is 570 g/mol. The summed E-state index contributed by atoms with van der Waals surface area (Å²) < 4.78 is 80.0. The van der Waals surface area contributed by atoms with E-state index in [1.807, 2.05) is 25.2 Å². The molecule has 0 bridgehead atoms. The lowest BCUT2D eigenvalue weighted by molar-refractivity contribution is -0.143. The van der Waals surface area contributed by atoms with Gasteiger partial charge in [-0.3, -0.25) is 9.79 Å². The van der Waals surface area contributed by atoms with Crippen molar-refractivity contribution in [2.45, 2.75) is 79.6 Å². The van der Waals surface area contributed by atoms with Gasteiger partial charge in [0.1, 0.15) is 5.76 Å². The first-order valence-electron chi connectivity index (χ1n) is 13.9. The normalized spacial score (nSPS) is 13.7. The van der Waals surface area contributed by atoms with Crippen molar-refractivity contribution in [3.05, 3.63) is 94.8 Å². The van der Waals surface area contributed by atoms with Crippen molar-refractivity contribution in [3.63, 3.8) is 0 Å². The van der Waals surface area contributed by atoms with Gasteiger partial charge in [-0.1, -0.05) is 77.5 Å². The lowest BCUT2D eigenvalue weighted by Gasteiger charge is -2.14. The van der Waals surface area contributed by atoms with Crippen LogP contribution in [0.4, 0.5) is 26.3 Å². The van der Waals surface area contributed by atoms with Crippen molar-refractivity contribution in [1.29, 1.82) is 0 Å². The minimum Gasteiger partial charge on any atom is -0.497 e. The second kappa shape index (κ2) is 21.2. The molecule has 0 fully saturated rings. The van der Waals surface area contributed by atoms with Crippen molar-refractivity contribution >= 4 is 11.6 Å². The van der Waals surface area contributed by atoms with Gasteiger partial charge in [0.05, 0.1) is 18.2 Å². The van der Waals surface area contributed by atoms with Gasteiger partial charge in [-0.25, -0.2) is 0 Å². The topological polar surface area (TPSA) is 64.7 Å². The number of halogens is 6. The van der Waals surface area contributed by atoms with Gasteiger partial charge in [-0.2, -0.15) is 26.3 Å². The Labute approximate surface area is 252 Å². The number of primary amides is 1. The molecule has 10 heteroatoms. The highest BCUT2D eigenvalue weighted by atomic mass is 19.4. The Morgan fingerprint density at radius 3 is 1.91 bits per heavy atom. The molecule has 0 aliphatic heterocycles. The first kappa shape index (κ1) is 41.6. The van der Waals surface area contributed by atoms with E-state index >= 15 is 0 Å². The van der Waals surface area contributed by atoms with Crippen LogP contribution in [0.3, 0.4) is 0 Å². The maximum atomic E-state index is 12.5. The van der Waals surface area contributed by atoms with Crippen molar-refractivity contribution in [1.82, 2.24) is 0 Å². The molecule has 4 nitrogen and oxygen atoms in total. The lowest BCUT2D eigenvalue weighted by Crippen LogP contribution is -2.15. The molecule has 1 rings (SSSR count). The number of hydrogen-bond acceptors (Lipinski definition) is 3. The number of allylic oxidation sites excluding steroid dienone is 6. The number of rotatable bonds is 11. The third-order valence-corrected chi connectivity index (χ3v) is 5.84. The third kappa shape index (κ3) is 17.9. The van der Waals surface area contributed by atoms with Gasteiger partial charge in [-0.15, -0.1) is 0 Å². The van der Waals surface area contributed by atoms with Crippen molar-refractivity contribution in [2.24, 2.45) is 16.6 Å². The van der Waals surface area contributed by atoms with Crippen LogP contribution in [0.25, 0.3) is 0 Å². The maximum absolute atomic E-state index is 12.5. The summed E-state index contributed by atoms with van der Waals surface area (Å²) in [6, 6.07) is 1.39. The number of hydrogen-bond donors (Lipinski definition) is 1. The molecule has 1 amide bonds. The number of nitrogens with two attached hydrogens (primary N) is 1. The van der Waals surface area contributed by atoms with Crippen molar-refractivity contribution in [2.75, 3.05) is 14.2 Å². The van der Waals surface area contributed by atoms with E-state index in [2.05, 4.69) is 51.4 Å². The predicted molar refractivity (Wildman–Crippen MR) is 165 cm³/mol. The highest BCUT2D eigenvalue weighted by Crippen LogP contribution is 2.36. The zero-order valence-corrected chi connectivity index (χ0v) is 26.4. The van der Waals surface area contributed by atoms with Crippen molar-refractivity contribution in [3.8, 4) is 0 Å². The summed E-state index contributed by atoms with van der Waals surface area (Å²) >= 11 is 0. The molecule has 1 aromatic rings. The van der Waals surface area contributed by atoms with Gasteiger partial charge in [-0.05, 0) is 68.0 Å². The Morgan fingerprint density at radius 1 is 1.05 bits per heavy atom. The number of nitrogens with zero attached hydrogens (tertiary/aromatic N) is 1. The lowest BCUT2D eigenvalue weighted by atomic mass is 9.97. The first-order valence-corrected chi connectivity index (χ1v) is 13.9.